The van der Waals surface area contributed by atoms with Crippen LogP contribution in [0.3, 0.4) is 0 Å². The minimum Gasteiger partial charge on any atom is -0.294 e. The van der Waals surface area contributed by atoms with Gasteiger partial charge in [-0.3, -0.25) is 4.55 Å². The second-order valence-electron chi connectivity index (χ2n) is 2.28. The standard InChI is InChI=1S/C6H13Cl2NO2S/c1-3-5(7)9(12(10)11)6(8)4-2/h5-6H,3-4H2,1-2H3,(H,10,11). The Labute approximate surface area is 85.4 Å². The van der Waals surface area contributed by atoms with E-state index in [0.29, 0.717) is 12.8 Å². The van der Waals surface area contributed by atoms with Gasteiger partial charge in [0.1, 0.15) is 11.0 Å². The lowest BCUT2D eigenvalue weighted by Crippen LogP contribution is -2.38. The van der Waals surface area contributed by atoms with Crippen LogP contribution in [-0.2, 0) is 11.3 Å². The molecule has 3 unspecified atom stereocenters. The molecule has 74 valence electrons. The van der Waals surface area contributed by atoms with E-state index in [1.807, 2.05) is 13.8 Å². The third kappa shape index (κ3) is 3.58. The fourth-order valence-corrected chi connectivity index (χ4v) is 2.16. The van der Waals surface area contributed by atoms with Crippen molar-refractivity contribution < 1.29 is 8.76 Å². The van der Waals surface area contributed by atoms with Crippen molar-refractivity contribution in [2.75, 3.05) is 0 Å². The third-order valence-electron chi connectivity index (χ3n) is 1.41. The minimum atomic E-state index is -2.09. The molecule has 0 aliphatic rings. The van der Waals surface area contributed by atoms with E-state index in [0.717, 1.165) is 0 Å². The number of rotatable bonds is 5. The van der Waals surface area contributed by atoms with Crippen molar-refractivity contribution in [1.82, 2.24) is 4.31 Å². The Hall–Kier alpha value is 0.650. The molecule has 0 bridgehead atoms. The summed E-state index contributed by atoms with van der Waals surface area (Å²) >= 11 is 9.48. The Kier molecular flexibility index (Phi) is 6.49. The highest BCUT2D eigenvalue weighted by atomic mass is 35.5. The highest BCUT2D eigenvalue weighted by Gasteiger charge is 2.25. The minimum absolute atomic E-state index is 0.488. The van der Waals surface area contributed by atoms with Gasteiger partial charge in [0.15, 0.2) is 0 Å². The van der Waals surface area contributed by atoms with Crippen LogP contribution in [0.25, 0.3) is 0 Å². The summed E-state index contributed by atoms with van der Waals surface area (Å²) in [5.41, 5.74) is -0.975. The van der Waals surface area contributed by atoms with Crippen LogP contribution in [0.4, 0.5) is 0 Å². The molecule has 3 nitrogen and oxygen atoms in total. The molecular weight excluding hydrogens is 221 g/mol. The van der Waals surface area contributed by atoms with E-state index in [1.165, 1.54) is 4.31 Å². The lowest BCUT2D eigenvalue weighted by atomic mass is 10.4. The zero-order chi connectivity index (χ0) is 9.72. The quantitative estimate of drug-likeness (QED) is 0.450. The van der Waals surface area contributed by atoms with Gasteiger partial charge < -0.3 is 0 Å². The summed E-state index contributed by atoms with van der Waals surface area (Å²) in [5.74, 6) is 0. The summed E-state index contributed by atoms with van der Waals surface area (Å²) in [4.78, 5) is 0. The molecule has 3 atom stereocenters. The first kappa shape index (κ1) is 12.7. The SMILES string of the molecule is CCC(Cl)N(C(Cl)CC)S(=O)O. The van der Waals surface area contributed by atoms with Gasteiger partial charge in [0.05, 0.1) is 0 Å². The van der Waals surface area contributed by atoms with Crippen LogP contribution >= 0.6 is 23.2 Å². The van der Waals surface area contributed by atoms with E-state index in [-0.39, 0.29) is 0 Å². The highest BCUT2D eigenvalue weighted by molar-refractivity contribution is 7.76. The Bertz CT molecular complexity index is 148. The summed E-state index contributed by atoms with van der Waals surface area (Å²) in [5, 5.41) is 0. The average Bonchev–Trinajstić information content (AvgIpc) is 2.03. The van der Waals surface area contributed by atoms with Crippen LogP contribution in [0.15, 0.2) is 0 Å². The summed E-state index contributed by atoms with van der Waals surface area (Å²) in [7, 11) is 0. The van der Waals surface area contributed by atoms with E-state index < -0.39 is 22.3 Å². The molecular formula is C6H13Cl2NO2S. The molecule has 0 fully saturated rings. The Morgan fingerprint density at radius 1 is 1.33 bits per heavy atom. The molecule has 0 aliphatic carbocycles. The molecule has 0 rings (SSSR count). The summed E-state index contributed by atoms with van der Waals surface area (Å²) in [6, 6.07) is 0. The first-order valence-electron chi connectivity index (χ1n) is 3.72. The maximum Gasteiger partial charge on any atom is 0.237 e. The van der Waals surface area contributed by atoms with Crippen LogP contribution in [0.1, 0.15) is 26.7 Å². The van der Waals surface area contributed by atoms with Crippen LogP contribution < -0.4 is 0 Å². The van der Waals surface area contributed by atoms with Gasteiger partial charge >= 0.3 is 0 Å². The number of hydrogen-bond acceptors (Lipinski definition) is 1. The summed E-state index contributed by atoms with van der Waals surface area (Å²) < 4.78 is 20.8. The van der Waals surface area contributed by atoms with Crippen LogP contribution in [0.2, 0.25) is 0 Å². The first-order chi connectivity index (χ1) is 5.54. The van der Waals surface area contributed by atoms with Crippen molar-refractivity contribution in [1.29, 1.82) is 0 Å². The molecule has 1 N–H and O–H groups in total. The zero-order valence-corrected chi connectivity index (χ0v) is 9.36. The maximum atomic E-state index is 10.8. The van der Waals surface area contributed by atoms with Gasteiger partial charge in [-0.2, -0.15) is 4.31 Å². The predicted molar refractivity (Wildman–Crippen MR) is 52.5 cm³/mol. The van der Waals surface area contributed by atoms with Crippen molar-refractivity contribution in [3.05, 3.63) is 0 Å². The van der Waals surface area contributed by atoms with Crippen LogP contribution in [0.5, 0.6) is 0 Å². The number of halogens is 2. The van der Waals surface area contributed by atoms with E-state index in [1.54, 1.807) is 0 Å². The van der Waals surface area contributed by atoms with Gasteiger partial charge in [0, 0.05) is 0 Å². The fourth-order valence-electron chi connectivity index (χ4n) is 0.731. The molecule has 0 aromatic carbocycles. The van der Waals surface area contributed by atoms with E-state index in [4.69, 9.17) is 27.8 Å². The van der Waals surface area contributed by atoms with Gasteiger partial charge in [0.25, 0.3) is 0 Å². The van der Waals surface area contributed by atoms with Gasteiger partial charge in [-0.15, -0.1) is 23.2 Å². The second kappa shape index (κ2) is 6.16. The van der Waals surface area contributed by atoms with E-state index in [9.17, 15) is 4.21 Å². The van der Waals surface area contributed by atoms with Gasteiger partial charge in [-0.1, -0.05) is 13.8 Å². The van der Waals surface area contributed by atoms with Crippen molar-refractivity contribution in [2.45, 2.75) is 37.7 Å². The molecule has 0 aromatic heterocycles. The summed E-state index contributed by atoms with van der Waals surface area (Å²) in [6.45, 7) is 3.66. The number of hydrogen-bond donors (Lipinski definition) is 1. The number of nitrogens with zero attached hydrogens (tertiary/aromatic N) is 1. The van der Waals surface area contributed by atoms with Crippen molar-refractivity contribution in [3.8, 4) is 0 Å². The van der Waals surface area contributed by atoms with Gasteiger partial charge in [-0.25, -0.2) is 4.21 Å². The smallest absolute Gasteiger partial charge is 0.237 e. The largest absolute Gasteiger partial charge is 0.294 e. The molecule has 6 heteroatoms. The molecule has 0 amide bonds. The molecule has 0 heterocycles. The fraction of sp³-hybridized carbons (Fsp3) is 1.00. The summed E-state index contributed by atoms with van der Waals surface area (Å²) in [6.07, 6.45) is 1.16. The third-order valence-corrected chi connectivity index (χ3v) is 3.55. The first-order valence-corrected chi connectivity index (χ1v) is 5.65. The Morgan fingerprint density at radius 3 is 1.83 bits per heavy atom. The van der Waals surface area contributed by atoms with E-state index in [2.05, 4.69) is 0 Å². The lowest BCUT2D eigenvalue weighted by Gasteiger charge is -2.25. The van der Waals surface area contributed by atoms with Gasteiger partial charge in [-0.05, 0) is 12.8 Å². The predicted octanol–water partition coefficient (Wildman–Crippen LogP) is 2.37. The van der Waals surface area contributed by atoms with Crippen molar-refractivity contribution in [3.63, 3.8) is 0 Å². The number of alkyl halides is 2. The highest BCUT2D eigenvalue weighted by Crippen LogP contribution is 2.19. The Balaban J connectivity index is 4.32. The van der Waals surface area contributed by atoms with Crippen LogP contribution in [0, 0.1) is 0 Å². The maximum absolute atomic E-state index is 10.8. The lowest BCUT2D eigenvalue weighted by molar-refractivity contribution is 0.343. The molecule has 0 aliphatic heterocycles. The average molecular weight is 234 g/mol. The van der Waals surface area contributed by atoms with E-state index >= 15 is 0 Å². The monoisotopic (exact) mass is 233 g/mol. The van der Waals surface area contributed by atoms with Crippen molar-refractivity contribution in [2.24, 2.45) is 0 Å². The zero-order valence-electron chi connectivity index (χ0n) is 7.04. The topological polar surface area (TPSA) is 40.5 Å². The molecule has 0 saturated carbocycles. The molecule has 0 spiro atoms. The molecule has 0 radical (unpaired) electrons. The molecule has 0 saturated heterocycles. The van der Waals surface area contributed by atoms with Gasteiger partial charge in [0.2, 0.25) is 11.3 Å². The second-order valence-corrected chi connectivity index (χ2v) is 4.17. The normalized spacial score (nSPS) is 19.2. The molecule has 12 heavy (non-hydrogen) atoms. The van der Waals surface area contributed by atoms with Crippen LogP contribution in [-0.4, -0.2) is 24.1 Å². The van der Waals surface area contributed by atoms with Crippen molar-refractivity contribution >= 4 is 34.5 Å². The molecule has 0 aromatic rings. The Morgan fingerprint density at radius 2 is 1.67 bits per heavy atom.